The van der Waals surface area contributed by atoms with Crippen LogP contribution in [-0.4, -0.2) is 30.7 Å². The number of amides is 1. The molecule has 0 aromatic rings. The van der Waals surface area contributed by atoms with Gasteiger partial charge in [0.05, 0.1) is 0 Å². The standard InChI is InChI=1S/C6H11F3N2O/c1-3-5(12)10-11(2)4-6(7,8)9/h3-4H2,1-2H3,(H,10,12). The van der Waals surface area contributed by atoms with Crippen molar-refractivity contribution in [2.45, 2.75) is 19.5 Å². The van der Waals surface area contributed by atoms with Gasteiger partial charge in [-0.05, 0) is 0 Å². The summed E-state index contributed by atoms with van der Waals surface area (Å²) < 4.78 is 35.0. The third-order valence-corrected chi connectivity index (χ3v) is 1.05. The largest absolute Gasteiger partial charge is 0.403 e. The molecule has 0 aliphatic carbocycles. The molecule has 1 N–H and O–H groups in total. The third-order valence-electron chi connectivity index (χ3n) is 1.05. The summed E-state index contributed by atoms with van der Waals surface area (Å²) in [7, 11) is 1.17. The molecule has 0 fully saturated rings. The van der Waals surface area contributed by atoms with Gasteiger partial charge in [0.2, 0.25) is 5.91 Å². The summed E-state index contributed by atoms with van der Waals surface area (Å²) in [6, 6.07) is 0. The highest BCUT2D eigenvalue weighted by Crippen LogP contribution is 2.14. The number of hydrogen-bond acceptors (Lipinski definition) is 2. The van der Waals surface area contributed by atoms with Gasteiger partial charge in [-0.25, -0.2) is 5.01 Å². The molecule has 3 nitrogen and oxygen atoms in total. The molecule has 0 saturated heterocycles. The van der Waals surface area contributed by atoms with Gasteiger partial charge in [-0.3, -0.25) is 10.2 Å². The van der Waals surface area contributed by atoms with Crippen molar-refractivity contribution in [2.75, 3.05) is 13.6 Å². The van der Waals surface area contributed by atoms with E-state index in [4.69, 9.17) is 0 Å². The average Bonchev–Trinajstić information content (AvgIpc) is 1.82. The van der Waals surface area contributed by atoms with Gasteiger partial charge in [0.15, 0.2) is 0 Å². The van der Waals surface area contributed by atoms with Crippen LogP contribution in [0.1, 0.15) is 13.3 Å². The second-order valence-electron chi connectivity index (χ2n) is 2.36. The maximum atomic E-state index is 11.7. The Morgan fingerprint density at radius 3 is 2.33 bits per heavy atom. The summed E-state index contributed by atoms with van der Waals surface area (Å²) in [5, 5.41) is 0.714. The first-order valence-corrected chi connectivity index (χ1v) is 3.42. The molecule has 0 saturated carbocycles. The number of hydrazine groups is 1. The van der Waals surface area contributed by atoms with Gasteiger partial charge in [-0.2, -0.15) is 13.2 Å². The number of carbonyl (C=O) groups excluding carboxylic acids is 1. The Balaban J connectivity index is 3.74. The first-order valence-electron chi connectivity index (χ1n) is 3.42. The Morgan fingerprint density at radius 2 is 2.00 bits per heavy atom. The number of carbonyl (C=O) groups is 1. The first-order chi connectivity index (χ1) is 5.35. The van der Waals surface area contributed by atoms with Gasteiger partial charge in [-0.15, -0.1) is 0 Å². The quantitative estimate of drug-likeness (QED) is 0.661. The van der Waals surface area contributed by atoms with Gasteiger partial charge in [0.1, 0.15) is 6.54 Å². The molecular formula is C6H11F3N2O. The Kier molecular flexibility index (Phi) is 4.02. The van der Waals surface area contributed by atoms with Crippen molar-refractivity contribution in [2.24, 2.45) is 0 Å². The molecule has 0 aliphatic rings. The highest BCUT2D eigenvalue weighted by Gasteiger charge is 2.29. The number of hydrogen-bond donors (Lipinski definition) is 1. The minimum Gasteiger partial charge on any atom is -0.289 e. The highest BCUT2D eigenvalue weighted by atomic mass is 19.4. The second-order valence-corrected chi connectivity index (χ2v) is 2.36. The van der Waals surface area contributed by atoms with Crippen LogP contribution in [0.2, 0.25) is 0 Å². The second kappa shape index (κ2) is 4.30. The molecule has 0 bridgehead atoms. The van der Waals surface area contributed by atoms with E-state index >= 15 is 0 Å². The van der Waals surface area contributed by atoms with Crippen molar-refractivity contribution in [3.05, 3.63) is 0 Å². The monoisotopic (exact) mass is 184 g/mol. The van der Waals surface area contributed by atoms with Gasteiger partial charge in [0, 0.05) is 13.5 Å². The van der Waals surface area contributed by atoms with E-state index in [2.05, 4.69) is 5.43 Å². The van der Waals surface area contributed by atoms with Crippen molar-refractivity contribution in [1.82, 2.24) is 10.4 Å². The van der Waals surface area contributed by atoms with Gasteiger partial charge in [-0.1, -0.05) is 6.92 Å². The summed E-state index contributed by atoms with van der Waals surface area (Å²) in [6.07, 6.45) is -4.11. The van der Waals surface area contributed by atoms with E-state index in [0.29, 0.717) is 5.01 Å². The lowest BCUT2D eigenvalue weighted by Gasteiger charge is -2.18. The van der Waals surface area contributed by atoms with Crippen LogP contribution in [0.3, 0.4) is 0 Å². The molecule has 12 heavy (non-hydrogen) atoms. The fourth-order valence-corrected chi connectivity index (χ4v) is 0.600. The zero-order chi connectivity index (χ0) is 9.78. The predicted octanol–water partition coefficient (Wildman–Crippen LogP) is 0.922. The topological polar surface area (TPSA) is 32.3 Å². The molecular weight excluding hydrogens is 173 g/mol. The summed E-state index contributed by atoms with van der Waals surface area (Å²) in [5.74, 6) is -0.429. The molecule has 0 rings (SSSR count). The zero-order valence-corrected chi connectivity index (χ0v) is 6.90. The third kappa shape index (κ3) is 5.96. The van der Waals surface area contributed by atoms with Crippen LogP contribution >= 0.6 is 0 Å². The van der Waals surface area contributed by atoms with Crippen molar-refractivity contribution in [1.29, 1.82) is 0 Å². The molecule has 0 aromatic carbocycles. The zero-order valence-electron chi connectivity index (χ0n) is 6.90. The summed E-state index contributed by atoms with van der Waals surface area (Å²) in [5.41, 5.74) is 2.06. The highest BCUT2D eigenvalue weighted by molar-refractivity contribution is 5.74. The van der Waals surface area contributed by atoms with E-state index in [1.165, 1.54) is 7.05 Å². The molecule has 72 valence electrons. The lowest BCUT2D eigenvalue weighted by molar-refractivity contribution is -0.153. The van der Waals surface area contributed by atoms with Gasteiger partial charge >= 0.3 is 6.18 Å². The van der Waals surface area contributed by atoms with E-state index in [-0.39, 0.29) is 6.42 Å². The Morgan fingerprint density at radius 1 is 1.50 bits per heavy atom. The Labute approximate surface area is 68.5 Å². The minimum atomic E-state index is -4.28. The Bertz CT molecular complexity index is 157. The van der Waals surface area contributed by atoms with E-state index in [9.17, 15) is 18.0 Å². The van der Waals surface area contributed by atoms with Crippen molar-refractivity contribution < 1.29 is 18.0 Å². The fraction of sp³-hybridized carbons (Fsp3) is 0.833. The fourth-order valence-electron chi connectivity index (χ4n) is 0.600. The van der Waals surface area contributed by atoms with Crippen LogP contribution in [0.15, 0.2) is 0 Å². The summed E-state index contributed by atoms with van der Waals surface area (Å²) >= 11 is 0. The minimum absolute atomic E-state index is 0.169. The molecule has 0 aliphatic heterocycles. The number of nitrogens with zero attached hydrogens (tertiary/aromatic N) is 1. The molecule has 0 atom stereocenters. The molecule has 0 heterocycles. The SMILES string of the molecule is CCC(=O)NN(C)CC(F)(F)F. The molecule has 0 radical (unpaired) electrons. The van der Waals surface area contributed by atoms with Crippen LogP contribution in [0.4, 0.5) is 13.2 Å². The predicted molar refractivity (Wildman–Crippen MR) is 37.1 cm³/mol. The van der Waals surface area contributed by atoms with Crippen LogP contribution in [-0.2, 0) is 4.79 Å². The Hall–Kier alpha value is -0.780. The lowest BCUT2D eigenvalue weighted by atomic mass is 10.5. The number of rotatable bonds is 3. The normalized spacial score (nSPS) is 11.8. The maximum Gasteiger partial charge on any atom is 0.403 e. The van der Waals surface area contributed by atoms with Crippen LogP contribution in [0.25, 0.3) is 0 Å². The smallest absolute Gasteiger partial charge is 0.289 e. The van der Waals surface area contributed by atoms with Gasteiger partial charge in [0.25, 0.3) is 0 Å². The van der Waals surface area contributed by atoms with Crippen LogP contribution in [0.5, 0.6) is 0 Å². The van der Waals surface area contributed by atoms with E-state index in [0.717, 1.165) is 0 Å². The van der Waals surface area contributed by atoms with Crippen molar-refractivity contribution in [3.8, 4) is 0 Å². The van der Waals surface area contributed by atoms with E-state index in [1.54, 1.807) is 6.92 Å². The lowest BCUT2D eigenvalue weighted by Crippen LogP contribution is -2.44. The maximum absolute atomic E-state index is 11.7. The van der Waals surface area contributed by atoms with Crippen LogP contribution in [0, 0.1) is 0 Å². The van der Waals surface area contributed by atoms with Gasteiger partial charge < -0.3 is 0 Å². The number of nitrogens with one attached hydrogen (secondary N) is 1. The van der Waals surface area contributed by atoms with E-state index < -0.39 is 18.6 Å². The number of alkyl halides is 3. The molecule has 0 unspecified atom stereocenters. The molecule has 0 spiro atoms. The average molecular weight is 184 g/mol. The molecule has 1 amide bonds. The van der Waals surface area contributed by atoms with Crippen molar-refractivity contribution in [3.63, 3.8) is 0 Å². The van der Waals surface area contributed by atoms with Crippen molar-refractivity contribution >= 4 is 5.91 Å². The number of halogens is 3. The summed E-state index contributed by atoms with van der Waals surface area (Å²) in [4.78, 5) is 10.6. The molecule has 6 heteroatoms. The first kappa shape index (κ1) is 11.2. The van der Waals surface area contributed by atoms with Crippen LogP contribution < -0.4 is 5.43 Å². The summed E-state index contributed by atoms with van der Waals surface area (Å²) in [6.45, 7) is 0.426. The molecule has 0 aromatic heterocycles. The van der Waals surface area contributed by atoms with E-state index in [1.807, 2.05) is 0 Å².